The number of rotatable bonds is 9. The van der Waals surface area contributed by atoms with Crippen molar-refractivity contribution in [2.45, 2.75) is 26.2 Å². The molecule has 0 atom stereocenters. The fourth-order valence-electron chi connectivity index (χ4n) is 2.49. The number of nitriles is 1. The average Bonchev–Trinajstić information content (AvgIpc) is 2.68. The number of azo groups is 1. The van der Waals surface area contributed by atoms with Crippen LogP contribution >= 0.6 is 23.2 Å². The zero-order chi connectivity index (χ0) is 20.5. The summed E-state index contributed by atoms with van der Waals surface area (Å²) in [6.45, 7) is 3.68. The van der Waals surface area contributed by atoms with Crippen LogP contribution in [-0.2, 0) is 0 Å². The highest BCUT2D eigenvalue weighted by Crippen LogP contribution is 2.37. The Morgan fingerprint density at radius 2 is 1.79 bits per heavy atom. The number of benzene rings is 2. The summed E-state index contributed by atoms with van der Waals surface area (Å²) in [6, 6.07) is 12.0. The lowest BCUT2D eigenvalue weighted by Crippen LogP contribution is -2.25. The van der Waals surface area contributed by atoms with E-state index in [-0.39, 0.29) is 21.4 Å². The van der Waals surface area contributed by atoms with E-state index in [1.165, 1.54) is 12.1 Å². The monoisotopic (exact) mass is 419 g/mol. The quantitative estimate of drug-likeness (QED) is 0.252. The van der Waals surface area contributed by atoms with E-state index < -0.39 is 4.92 Å². The normalized spacial score (nSPS) is 10.8. The van der Waals surface area contributed by atoms with E-state index >= 15 is 0 Å². The largest absolute Gasteiger partial charge is 0.371 e. The molecule has 146 valence electrons. The highest BCUT2D eigenvalue weighted by molar-refractivity contribution is 6.39. The van der Waals surface area contributed by atoms with Crippen molar-refractivity contribution in [3.05, 3.63) is 56.6 Å². The molecule has 0 amide bonds. The Hall–Kier alpha value is -2.69. The molecule has 0 aliphatic heterocycles. The molecular formula is C19H19Cl2N5O2. The second-order valence-electron chi connectivity index (χ2n) is 5.98. The summed E-state index contributed by atoms with van der Waals surface area (Å²) in [5.74, 6) is 0. The Morgan fingerprint density at radius 1 is 1.14 bits per heavy atom. The number of unbranched alkanes of at least 4 members (excludes halogenated alkanes) is 1. The van der Waals surface area contributed by atoms with Crippen molar-refractivity contribution in [2.24, 2.45) is 10.2 Å². The molecule has 28 heavy (non-hydrogen) atoms. The van der Waals surface area contributed by atoms with E-state index in [1.54, 1.807) is 12.1 Å². The molecule has 0 unspecified atom stereocenters. The third-order valence-corrected chi connectivity index (χ3v) is 4.54. The summed E-state index contributed by atoms with van der Waals surface area (Å²) < 4.78 is 0. The number of nitro benzene ring substituents is 1. The second-order valence-corrected chi connectivity index (χ2v) is 6.79. The molecular weight excluding hydrogens is 401 g/mol. The summed E-state index contributed by atoms with van der Waals surface area (Å²) in [5.41, 5.74) is 1.57. The Labute approximate surface area is 173 Å². The van der Waals surface area contributed by atoms with Crippen LogP contribution in [0.3, 0.4) is 0 Å². The van der Waals surface area contributed by atoms with Gasteiger partial charge in [-0.1, -0.05) is 36.5 Å². The predicted octanol–water partition coefficient (Wildman–Crippen LogP) is 6.84. The van der Waals surface area contributed by atoms with Crippen LogP contribution in [0.4, 0.5) is 22.7 Å². The maximum atomic E-state index is 10.8. The van der Waals surface area contributed by atoms with E-state index in [0.29, 0.717) is 18.7 Å². The van der Waals surface area contributed by atoms with Gasteiger partial charge in [0.1, 0.15) is 5.69 Å². The third kappa shape index (κ3) is 5.91. The maximum absolute atomic E-state index is 10.8. The topological polar surface area (TPSA) is 94.9 Å². The molecule has 0 saturated carbocycles. The van der Waals surface area contributed by atoms with Gasteiger partial charge in [0.05, 0.1) is 33.1 Å². The maximum Gasteiger partial charge on any atom is 0.272 e. The van der Waals surface area contributed by atoms with Gasteiger partial charge in [0.25, 0.3) is 5.69 Å². The van der Waals surface area contributed by atoms with Crippen LogP contribution in [0.2, 0.25) is 10.0 Å². The van der Waals surface area contributed by atoms with Gasteiger partial charge in [-0.3, -0.25) is 10.1 Å². The highest BCUT2D eigenvalue weighted by atomic mass is 35.5. The minimum atomic E-state index is -0.575. The first-order chi connectivity index (χ1) is 13.5. The first kappa shape index (κ1) is 21.6. The Kier molecular flexibility index (Phi) is 8.18. The fraction of sp³-hybridized carbons (Fsp3) is 0.316. The molecule has 0 aliphatic carbocycles. The molecule has 0 bridgehead atoms. The standard InChI is InChI=1S/C19H19Cl2N5O2/c1-2-3-10-25(11-4-9-22)15-7-5-14(6-8-15)23-24-19-17(20)12-16(26(27)28)13-18(19)21/h5-8,12-13H,2-4,10-11H2,1H3. The van der Waals surface area contributed by atoms with Crippen LogP contribution < -0.4 is 4.90 Å². The summed E-state index contributed by atoms with van der Waals surface area (Å²) in [6.07, 6.45) is 2.58. The van der Waals surface area contributed by atoms with E-state index in [4.69, 9.17) is 28.5 Å². The molecule has 0 spiro atoms. The summed E-state index contributed by atoms with van der Waals surface area (Å²) >= 11 is 12.1. The zero-order valence-electron chi connectivity index (χ0n) is 15.3. The number of nitrogens with zero attached hydrogens (tertiary/aromatic N) is 5. The SMILES string of the molecule is CCCCN(CCC#N)c1ccc(N=Nc2c(Cl)cc([N+](=O)[O-])cc2Cl)cc1. The van der Waals surface area contributed by atoms with Crippen molar-refractivity contribution in [1.82, 2.24) is 0 Å². The minimum Gasteiger partial charge on any atom is -0.371 e. The Morgan fingerprint density at radius 3 is 2.32 bits per heavy atom. The van der Waals surface area contributed by atoms with E-state index in [0.717, 1.165) is 25.1 Å². The number of hydrogen-bond acceptors (Lipinski definition) is 6. The Bertz CT molecular complexity index is 871. The van der Waals surface area contributed by atoms with Crippen molar-refractivity contribution in [3.63, 3.8) is 0 Å². The molecule has 9 heteroatoms. The molecule has 0 aliphatic rings. The van der Waals surface area contributed by atoms with Gasteiger partial charge in [0, 0.05) is 30.9 Å². The van der Waals surface area contributed by atoms with Gasteiger partial charge in [0.2, 0.25) is 0 Å². The van der Waals surface area contributed by atoms with Gasteiger partial charge in [-0.15, -0.1) is 5.11 Å². The molecule has 2 rings (SSSR count). The van der Waals surface area contributed by atoms with Crippen molar-refractivity contribution in [2.75, 3.05) is 18.0 Å². The number of halogens is 2. The smallest absolute Gasteiger partial charge is 0.272 e. The lowest BCUT2D eigenvalue weighted by Gasteiger charge is -2.23. The molecule has 0 N–H and O–H groups in total. The predicted molar refractivity (Wildman–Crippen MR) is 111 cm³/mol. The highest BCUT2D eigenvalue weighted by Gasteiger charge is 2.14. The van der Waals surface area contributed by atoms with Crippen LogP contribution in [0.25, 0.3) is 0 Å². The molecule has 2 aromatic carbocycles. The summed E-state index contributed by atoms with van der Waals surface area (Å²) in [7, 11) is 0. The molecule has 0 fully saturated rings. The lowest BCUT2D eigenvalue weighted by atomic mass is 10.2. The van der Waals surface area contributed by atoms with Crippen LogP contribution in [0, 0.1) is 21.4 Å². The fourth-order valence-corrected chi connectivity index (χ4v) is 3.05. The number of non-ortho nitro benzene ring substituents is 1. The van der Waals surface area contributed by atoms with Crippen molar-refractivity contribution in [1.29, 1.82) is 5.26 Å². The molecule has 2 aromatic rings. The van der Waals surface area contributed by atoms with Gasteiger partial charge in [-0.2, -0.15) is 10.4 Å². The van der Waals surface area contributed by atoms with E-state index in [1.807, 2.05) is 12.1 Å². The lowest BCUT2D eigenvalue weighted by molar-refractivity contribution is -0.384. The number of anilines is 1. The average molecular weight is 420 g/mol. The van der Waals surface area contributed by atoms with Crippen LogP contribution in [-0.4, -0.2) is 18.0 Å². The zero-order valence-corrected chi connectivity index (χ0v) is 16.8. The molecule has 0 aromatic heterocycles. The van der Waals surface area contributed by atoms with Gasteiger partial charge in [-0.25, -0.2) is 0 Å². The number of nitro groups is 1. The van der Waals surface area contributed by atoms with Crippen LogP contribution in [0.15, 0.2) is 46.6 Å². The molecule has 7 nitrogen and oxygen atoms in total. The van der Waals surface area contributed by atoms with E-state index in [9.17, 15) is 10.1 Å². The van der Waals surface area contributed by atoms with Gasteiger partial charge in [-0.05, 0) is 30.7 Å². The van der Waals surface area contributed by atoms with Gasteiger partial charge in [0.15, 0.2) is 0 Å². The van der Waals surface area contributed by atoms with Crippen molar-refractivity contribution < 1.29 is 4.92 Å². The van der Waals surface area contributed by atoms with E-state index in [2.05, 4.69) is 28.1 Å². The molecule has 0 heterocycles. The molecule has 0 radical (unpaired) electrons. The first-order valence-electron chi connectivity index (χ1n) is 8.73. The van der Waals surface area contributed by atoms with Crippen molar-refractivity contribution in [3.8, 4) is 6.07 Å². The summed E-state index contributed by atoms with van der Waals surface area (Å²) in [5, 5.41) is 27.9. The second kappa shape index (κ2) is 10.6. The minimum absolute atomic E-state index is 0.0572. The Balaban J connectivity index is 2.17. The van der Waals surface area contributed by atoms with Crippen molar-refractivity contribution >= 4 is 46.0 Å². The number of hydrogen-bond donors (Lipinski definition) is 0. The van der Waals surface area contributed by atoms with Crippen LogP contribution in [0.1, 0.15) is 26.2 Å². The van der Waals surface area contributed by atoms with Crippen LogP contribution in [0.5, 0.6) is 0 Å². The molecule has 0 saturated heterocycles. The summed E-state index contributed by atoms with van der Waals surface area (Å²) in [4.78, 5) is 12.4. The van der Waals surface area contributed by atoms with Gasteiger partial charge >= 0.3 is 0 Å². The first-order valence-corrected chi connectivity index (χ1v) is 9.49. The van der Waals surface area contributed by atoms with Gasteiger partial charge < -0.3 is 4.90 Å². The third-order valence-electron chi connectivity index (χ3n) is 3.97.